The van der Waals surface area contributed by atoms with E-state index in [4.69, 9.17) is 28.9 Å². The average Bonchev–Trinajstić information content (AvgIpc) is 2.09. The van der Waals surface area contributed by atoms with Crippen LogP contribution in [-0.2, 0) is 5.41 Å². The van der Waals surface area contributed by atoms with Crippen LogP contribution in [0.4, 0.5) is 0 Å². The first-order valence-electron chi connectivity index (χ1n) is 4.49. The fraction of sp³-hybridized carbons (Fsp3) is 0.500. The zero-order chi connectivity index (χ0) is 10.8. The fourth-order valence-corrected chi connectivity index (χ4v) is 1.57. The molecule has 1 heterocycles. The van der Waals surface area contributed by atoms with Crippen LogP contribution in [0.25, 0.3) is 0 Å². The minimum absolute atomic E-state index is 0.00399. The van der Waals surface area contributed by atoms with Gasteiger partial charge in [0.05, 0.1) is 5.02 Å². The summed E-state index contributed by atoms with van der Waals surface area (Å²) in [5.41, 5.74) is 6.60. The van der Waals surface area contributed by atoms with Gasteiger partial charge in [-0.1, -0.05) is 37.0 Å². The molecule has 4 heteroatoms. The second-order valence-electron chi connectivity index (χ2n) is 3.92. The average molecular weight is 233 g/mol. The molecule has 0 atom stereocenters. The number of nitrogens with zero attached hydrogens (tertiary/aromatic N) is 1. The second-order valence-corrected chi connectivity index (χ2v) is 4.68. The maximum absolute atomic E-state index is 5.89. The lowest BCUT2D eigenvalue weighted by Gasteiger charge is -2.24. The van der Waals surface area contributed by atoms with Gasteiger partial charge in [-0.15, -0.1) is 0 Å². The lowest BCUT2D eigenvalue weighted by Crippen LogP contribution is -2.21. The highest BCUT2D eigenvalue weighted by atomic mass is 35.5. The van der Waals surface area contributed by atoms with Crippen molar-refractivity contribution in [2.24, 2.45) is 5.73 Å². The largest absolute Gasteiger partial charge is 0.330 e. The SMILES string of the molecule is CC(C)(CCN)c1cnc(Cl)c(Cl)c1. The molecule has 78 valence electrons. The molecular weight excluding hydrogens is 219 g/mol. The number of nitrogens with two attached hydrogens (primary N) is 1. The standard InChI is InChI=1S/C10H14Cl2N2/c1-10(2,3-4-13)7-5-8(11)9(12)14-6-7/h5-6H,3-4,13H2,1-2H3. The Morgan fingerprint density at radius 2 is 2.07 bits per heavy atom. The quantitative estimate of drug-likeness (QED) is 0.815. The Kier molecular flexibility index (Phi) is 3.76. The molecule has 0 saturated heterocycles. The third-order valence-electron chi connectivity index (χ3n) is 2.35. The van der Waals surface area contributed by atoms with Crippen LogP contribution in [0.2, 0.25) is 10.2 Å². The molecule has 2 N–H and O–H groups in total. The van der Waals surface area contributed by atoms with Crippen molar-refractivity contribution in [3.05, 3.63) is 28.0 Å². The first kappa shape index (κ1) is 11.8. The van der Waals surface area contributed by atoms with Crippen LogP contribution in [-0.4, -0.2) is 11.5 Å². The van der Waals surface area contributed by atoms with Crippen molar-refractivity contribution in [1.82, 2.24) is 4.98 Å². The van der Waals surface area contributed by atoms with Crippen LogP contribution in [0.5, 0.6) is 0 Å². The van der Waals surface area contributed by atoms with Crippen molar-refractivity contribution in [1.29, 1.82) is 0 Å². The van der Waals surface area contributed by atoms with Crippen LogP contribution in [0.15, 0.2) is 12.3 Å². The van der Waals surface area contributed by atoms with Crippen molar-refractivity contribution in [3.8, 4) is 0 Å². The van der Waals surface area contributed by atoms with E-state index >= 15 is 0 Å². The molecule has 0 aliphatic carbocycles. The van der Waals surface area contributed by atoms with Crippen molar-refractivity contribution in [2.75, 3.05) is 6.54 Å². The van der Waals surface area contributed by atoms with Gasteiger partial charge in [-0.2, -0.15) is 0 Å². The topological polar surface area (TPSA) is 38.9 Å². The van der Waals surface area contributed by atoms with Crippen molar-refractivity contribution < 1.29 is 0 Å². The Balaban J connectivity index is 3.01. The third-order valence-corrected chi connectivity index (χ3v) is 3.03. The predicted molar refractivity (Wildman–Crippen MR) is 61.0 cm³/mol. The van der Waals surface area contributed by atoms with E-state index in [0.717, 1.165) is 12.0 Å². The van der Waals surface area contributed by atoms with E-state index in [2.05, 4.69) is 18.8 Å². The molecule has 1 aromatic rings. The molecule has 0 amide bonds. The number of pyridine rings is 1. The van der Waals surface area contributed by atoms with Gasteiger partial charge in [0.15, 0.2) is 0 Å². The molecule has 0 aliphatic heterocycles. The summed E-state index contributed by atoms with van der Waals surface area (Å²) in [6, 6.07) is 1.85. The van der Waals surface area contributed by atoms with Gasteiger partial charge < -0.3 is 5.73 Å². The Hall–Kier alpha value is -0.310. The van der Waals surface area contributed by atoms with E-state index in [1.165, 1.54) is 0 Å². The molecule has 0 aromatic carbocycles. The van der Waals surface area contributed by atoms with Gasteiger partial charge in [0.25, 0.3) is 0 Å². The van der Waals surface area contributed by atoms with E-state index in [-0.39, 0.29) is 5.41 Å². The minimum atomic E-state index is -0.00399. The normalized spacial score (nSPS) is 11.8. The monoisotopic (exact) mass is 232 g/mol. The van der Waals surface area contributed by atoms with Crippen molar-refractivity contribution >= 4 is 23.2 Å². The molecule has 0 aliphatic rings. The number of aromatic nitrogens is 1. The van der Waals surface area contributed by atoms with Crippen LogP contribution in [0, 0.1) is 0 Å². The highest BCUT2D eigenvalue weighted by Crippen LogP contribution is 2.30. The summed E-state index contributed by atoms with van der Waals surface area (Å²) in [6.45, 7) is 4.87. The third kappa shape index (κ3) is 2.59. The van der Waals surface area contributed by atoms with E-state index in [0.29, 0.717) is 16.7 Å². The molecule has 2 nitrogen and oxygen atoms in total. The molecule has 0 fully saturated rings. The Morgan fingerprint density at radius 1 is 1.43 bits per heavy atom. The molecule has 1 aromatic heterocycles. The summed E-state index contributed by atoms with van der Waals surface area (Å²) in [4.78, 5) is 4.02. The summed E-state index contributed by atoms with van der Waals surface area (Å²) in [6.07, 6.45) is 2.65. The first-order chi connectivity index (χ1) is 6.47. The van der Waals surface area contributed by atoms with Crippen LogP contribution in [0.3, 0.4) is 0 Å². The number of hydrogen-bond donors (Lipinski definition) is 1. The first-order valence-corrected chi connectivity index (χ1v) is 5.24. The number of hydrogen-bond acceptors (Lipinski definition) is 2. The highest BCUT2D eigenvalue weighted by Gasteiger charge is 2.20. The van der Waals surface area contributed by atoms with Gasteiger partial charge in [0, 0.05) is 6.20 Å². The number of halogens is 2. The summed E-state index contributed by atoms with van der Waals surface area (Å²) >= 11 is 11.6. The van der Waals surface area contributed by atoms with Crippen molar-refractivity contribution in [2.45, 2.75) is 25.7 Å². The molecule has 0 radical (unpaired) electrons. The van der Waals surface area contributed by atoms with E-state index in [1.807, 2.05) is 6.07 Å². The lowest BCUT2D eigenvalue weighted by molar-refractivity contribution is 0.486. The molecule has 1 rings (SSSR count). The van der Waals surface area contributed by atoms with Crippen LogP contribution >= 0.6 is 23.2 Å². The zero-order valence-electron chi connectivity index (χ0n) is 8.35. The minimum Gasteiger partial charge on any atom is -0.330 e. The van der Waals surface area contributed by atoms with Gasteiger partial charge in [-0.05, 0) is 30.0 Å². The Bertz CT molecular complexity index is 324. The summed E-state index contributed by atoms with van der Waals surface area (Å²) in [7, 11) is 0. The van der Waals surface area contributed by atoms with Gasteiger partial charge >= 0.3 is 0 Å². The number of rotatable bonds is 3. The fourth-order valence-electron chi connectivity index (χ4n) is 1.30. The van der Waals surface area contributed by atoms with E-state index in [9.17, 15) is 0 Å². The predicted octanol–water partition coefficient (Wildman–Crippen LogP) is 3.01. The van der Waals surface area contributed by atoms with E-state index in [1.54, 1.807) is 6.20 Å². The maximum Gasteiger partial charge on any atom is 0.147 e. The Labute approximate surface area is 94.4 Å². The molecule has 0 saturated carbocycles. The molecule has 0 bridgehead atoms. The van der Waals surface area contributed by atoms with E-state index < -0.39 is 0 Å². The summed E-state index contributed by atoms with van der Waals surface area (Å²) in [5, 5.41) is 0.841. The second kappa shape index (κ2) is 4.47. The smallest absolute Gasteiger partial charge is 0.147 e. The van der Waals surface area contributed by atoms with Crippen LogP contribution in [0.1, 0.15) is 25.8 Å². The van der Waals surface area contributed by atoms with Gasteiger partial charge in [-0.25, -0.2) is 4.98 Å². The van der Waals surface area contributed by atoms with Gasteiger partial charge in [0.1, 0.15) is 5.15 Å². The summed E-state index contributed by atoms with van der Waals surface area (Å²) < 4.78 is 0. The molecule has 14 heavy (non-hydrogen) atoms. The maximum atomic E-state index is 5.89. The van der Waals surface area contributed by atoms with Crippen LogP contribution < -0.4 is 5.73 Å². The highest BCUT2D eigenvalue weighted by molar-refractivity contribution is 6.41. The molecule has 0 unspecified atom stereocenters. The zero-order valence-corrected chi connectivity index (χ0v) is 9.86. The molecule has 0 spiro atoms. The summed E-state index contributed by atoms with van der Waals surface area (Å²) in [5.74, 6) is 0. The molecular formula is C10H14Cl2N2. The van der Waals surface area contributed by atoms with Crippen molar-refractivity contribution in [3.63, 3.8) is 0 Å². The van der Waals surface area contributed by atoms with Gasteiger partial charge in [0.2, 0.25) is 0 Å². The lowest BCUT2D eigenvalue weighted by atomic mass is 9.82. The Morgan fingerprint density at radius 3 is 2.57 bits per heavy atom. The van der Waals surface area contributed by atoms with Gasteiger partial charge in [-0.3, -0.25) is 0 Å².